The van der Waals surface area contributed by atoms with Gasteiger partial charge in [-0.2, -0.15) is 23.4 Å². The number of hydrogen-bond acceptors (Lipinski definition) is 3. The minimum absolute atomic E-state index is 0.00139. The first-order valence-corrected chi connectivity index (χ1v) is 5.15. The van der Waals surface area contributed by atoms with Gasteiger partial charge in [0.2, 0.25) is 0 Å². The maximum atomic E-state index is 13.4. The van der Waals surface area contributed by atoms with Gasteiger partial charge in [0.1, 0.15) is 11.6 Å². The lowest BCUT2D eigenvalue weighted by molar-refractivity contribution is -0.139. The monoisotopic (exact) mass is 272 g/mol. The molecule has 1 aromatic heterocycles. The zero-order valence-electron chi connectivity index (χ0n) is 9.70. The summed E-state index contributed by atoms with van der Waals surface area (Å²) < 4.78 is 56.3. The molecule has 0 saturated heterocycles. The summed E-state index contributed by atoms with van der Waals surface area (Å²) in [4.78, 5) is 0. The lowest BCUT2D eigenvalue weighted by Gasteiger charge is -2.13. The zero-order valence-corrected chi connectivity index (χ0v) is 9.70. The lowest BCUT2D eigenvalue weighted by Crippen LogP contribution is -2.09. The van der Waals surface area contributed by atoms with Crippen molar-refractivity contribution in [2.24, 2.45) is 0 Å². The predicted octanol–water partition coefficient (Wildman–Crippen LogP) is 3.31. The Kier molecular flexibility index (Phi) is 3.37. The van der Waals surface area contributed by atoms with Crippen molar-refractivity contribution in [3.05, 3.63) is 42.0 Å². The molecule has 0 N–H and O–H groups in total. The Labute approximate surface area is 105 Å². The van der Waals surface area contributed by atoms with Gasteiger partial charge < -0.3 is 4.74 Å². The number of aromatic nitrogens is 2. The Morgan fingerprint density at radius 3 is 2.42 bits per heavy atom. The highest BCUT2D eigenvalue weighted by Crippen LogP contribution is 2.38. The van der Waals surface area contributed by atoms with Gasteiger partial charge in [-0.05, 0) is 12.1 Å². The van der Waals surface area contributed by atoms with Crippen molar-refractivity contribution < 1.29 is 22.3 Å². The summed E-state index contributed by atoms with van der Waals surface area (Å²) in [6, 6.07) is 2.87. The number of alkyl halides is 3. The average Bonchev–Trinajstić information content (AvgIpc) is 2.38. The quantitative estimate of drug-likeness (QED) is 0.787. The first-order chi connectivity index (χ1) is 8.93. The second kappa shape index (κ2) is 4.83. The molecule has 19 heavy (non-hydrogen) atoms. The van der Waals surface area contributed by atoms with Crippen LogP contribution in [0.1, 0.15) is 5.56 Å². The predicted molar refractivity (Wildman–Crippen MR) is 59.0 cm³/mol. The van der Waals surface area contributed by atoms with Crippen LogP contribution in [0, 0.1) is 5.82 Å². The van der Waals surface area contributed by atoms with E-state index in [1.807, 2.05) is 0 Å². The average molecular weight is 272 g/mol. The Morgan fingerprint density at radius 2 is 1.89 bits per heavy atom. The van der Waals surface area contributed by atoms with Crippen molar-refractivity contribution in [1.29, 1.82) is 0 Å². The minimum atomic E-state index is -4.77. The van der Waals surface area contributed by atoms with E-state index in [1.54, 1.807) is 0 Å². The van der Waals surface area contributed by atoms with E-state index in [2.05, 4.69) is 10.2 Å². The molecule has 100 valence electrons. The van der Waals surface area contributed by atoms with Crippen molar-refractivity contribution in [3.63, 3.8) is 0 Å². The number of rotatable bonds is 2. The molecular formula is C12H8F4N2O. The Bertz CT molecular complexity index is 584. The van der Waals surface area contributed by atoms with Crippen molar-refractivity contribution in [2.45, 2.75) is 6.18 Å². The molecular weight excluding hydrogens is 264 g/mol. The number of hydrogen-bond donors (Lipinski definition) is 0. The molecule has 0 saturated carbocycles. The molecule has 0 fully saturated rings. The molecule has 0 radical (unpaired) electrons. The van der Waals surface area contributed by atoms with Gasteiger partial charge in [-0.1, -0.05) is 0 Å². The van der Waals surface area contributed by atoms with Crippen molar-refractivity contribution >= 4 is 0 Å². The number of methoxy groups -OCH3 is 1. The molecule has 2 aromatic rings. The van der Waals surface area contributed by atoms with E-state index < -0.39 is 17.6 Å². The summed E-state index contributed by atoms with van der Waals surface area (Å²) in [5.41, 5.74) is -0.886. The van der Waals surface area contributed by atoms with Crippen LogP contribution in [0.25, 0.3) is 11.1 Å². The number of benzene rings is 1. The van der Waals surface area contributed by atoms with Gasteiger partial charge in [-0.15, -0.1) is 0 Å². The molecule has 0 aliphatic rings. The molecule has 3 nitrogen and oxygen atoms in total. The lowest BCUT2D eigenvalue weighted by atomic mass is 10.0. The second-order valence-electron chi connectivity index (χ2n) is 3.66. The molecule has 0 aliphatic carbocycles. The van der Waals surface area contributed by atoms with Gasteiger partial charge >= 0.3 is 6.18 Å². The van der Waals surface area contributed by atoms with Gasteiger partial charge in [0.05, 0.1) is 25.1 Å². The summed E-state index contributed by atoms with van der Waals surface area (Å²) in [5.74, 6) is -1.38. The SMILES string of the molecule is COc1cc(F)c(C(F)(F)F)cc1-c1ccnnc1. The van der Waals surface area contributed by atoms with Crippen LogP contribution < -0.4 is 4.74 Å². The van der Waals surface area contributed by atoms with E-state index in [9.17, 15) is 17.6 Å². The molecule has 0 atom stereocenters. The van der Waals surface area contributed by atoms with Crippen LogP contribution in [0.4, 0.5) is 17.6 Å². The fraction of sp³-hybridized carbons (Fsp3) is 0.167. The van der Waals surface area contributed by atoms with Crippen LogP contribution in [0.15, 0.2) is 30.6 Å². The van der Waals surface area contributed by atoms with E-state index in [1.165, 1.54) is 25.6 Å². The van der Waals surface area contributed by atoms with Crippen molar-refractivity contribution in [1.82, 2.24) is 10.2 Å². The highest BCUT2D eigenvalue weighted by atomic mass is 19.4. The van der Waals surface area contributed by atoms with E-state index >= 15 is 0 Å². The largest absolute Gasteiger partial charge is 0.496 e. The molecule has 0 aliphatic heterocycles. The highest BCUT2D eigenvalue weighted by Gasteiger charge is 2.35. The zero-order chi connectivity index (χ0) is 14.0. The van der Waals surface area contributed by atoms with Crippen LogP contribution in [-0.4, -0.2) is 17.3 Å². The molecule has 7 heteroatoms. The Morgan fingerprint density at radius 1 is 1.16 bits per heavy atom. The topological polar surface area (TPSA) is 35.0 Å². The normalized spacial score (nSPS) is 11.4. The van der Waals surface area contributed by atoms with Gasteiger partial charge in [0.25, 0.3) is 0 Å². The van der Waals surface area contributed by atoms with E-state index in [4.69, 9.17) is 4.74 Å². The standard InChI is InChI=1S/C12H8F4N2O/c1-19-11-5-10(13)9(12(14,15)16)4-8(11)7-2-3-17-18-6-7/h2-6H,1H3. The molecule has 2 rings (SSSR count). The molecule has 0 bridgehead atoms. The summed E-state index contributed by atoms with van der Waals surface area (Å²) >= 11 is 0. The first kappa shape index (κ1) is 13.3. The fourth-order valence-corrected chi connectivity index (χ4v) is 1.62. The van der Waals surface area contributed by atoms with Gasteiger partial charge in [0, 0.05) is 17.2 Å². The molecule has 1 heterocycles. The van der Waals surface area contributed by atoms with Crippen LogP contribution >= 0.6 is 0 Å². The molecule has 1 aromatic carbocycles. The maximum absolute atomic E-state index is 13.4. The van der Waals surface area contributed by atoms with E-state index in [0.29, 0.717) is 17.7 Å². The smallest absolute Gasteiger partial charge is 0.419 e. The van der Waals surface area contributed by atoms with Crippen LogP contribution in [0.2, 0.25) is 0 Å². The second-order valence-corrected chi connectivity index (χ2v) is 3.66. The fourth-order valence-electron chi connectivity index (χ4n) is 1.62. The van der Waals surface area contributed by atoms with E-state index in [-0.39, 0.29) is 11.3 Å². The number of ether oxygens (including phenoxy) is 1. The molecule has 0 amide bonds. The molecule has 0 unspecified atom stereocenters. The number of nitrogens with zero attached hydrogens (tertiary/aromatic N) is 2. The first-order valence-electron chi connectivity index (χ1n) is 5.15. The Hall–Kier alpha value is -2.18. The third-order valence-corrected chi connectivity index (χ3v) is 2.49. The minimum Gasteiger partial charge on any atom is -0.496 e. The van der Waals surface area contributed by atoms with Gasteiger partial charge in [-0.25, -0.2) is 4.39 Å². The van der Waals surface area contributed by atoms with Crippen LogP contribution in [0.3, 0.4) is 0 Å². The van der Waals surface area contributed by atoms with Crippen LogP contribution in [0.5, 0.6) is 5.75 Å². The Balaban J connectivity index is 2.66. The highest BCUT2D eigenvalue weighted by molar-refractivity contribution is 5.70. The summed E-state index contributed by atoms with van der Waals surface area (Å²) in [6.45, 7) is 0. The van der Waals surface area contributed by atoms with Gasteiger partial charge in [0.15, 0.2) is 0 Å². The van der Waals surface area contributed by atoms with Gasteiger partial charge in [-0.3, -0.25) is 0 Å². The van der Waals surface area contributed by atoms with Crippen molar-refractivity contribution in [2.75, 3.05) is 7.11 Å². The van der Waals surface area contributed by atoms with Crippen molar-refractivity contribution in [3.8, 4) is 16.9 Å². The number of halogens is 4. The van der Waals surface area contributed by atoms with Crippen LogP contribution in [-0.2, 0) is 6.18 Å². The summed E-state index contributed by atoms with van der Waals surface area (Å²) in [5, 5.41) is 7.10. The summed E-state index contributed by atoms with van der Waals surface area (Å²) in [6.07, 6.45) is -2.17. The third kappa shape index (κ3) is 2.64. The third-order valence-electron chi connectivity index (χ3n) is 2.49. The maximum Gasteiger partial charge on any atom is 0.419 e. The molecule has 0 spiro atoms. The summed E-state index contributed by atoms with van der Waals surface area (Å²) in [7, 11) is 1.25. The van der Waals surface area contributed by atoms with E-state index in [0.717, 1.165) is 0 Å².